The Bertz CT molecular complexity index is 762. The van der Waals surface area contributed by atoms with Crippen LogP contribution in [0.15, 0.2) is 65.1 Å². The van der Waals surface area contributed by atoms with Crippen LogP contribution in [0.4, 0.5) is 0 Å². The lowest BCUT2D eigenvalue weighted by Crippen LogP contribution is -2.32. The molecule has 0 unspecified atom stereocenters. The molecule has 4 rings (SSSR count). The molecule has 1 aromatic heterocycles. The minimum atomic E-state index is 0.377. The van der Waals surface area contributed by atoms with Gasteiger partial charge in [-0.25, -0.2) is 0 Å². The predicted octanol–water partition coefficient (Wildman–Crippen LogP) is 4.12. The molecule has 122 valence electrons. The largest absolute Gasteiger partial charge is 0.420 e. The van der Waals surface area contributed by atoms with Gasteiger partial charge in [-0.15, -0.1) is 10.2 Å². The Morgan fingerprint density at radius 2 is 1.54 bits per heavy atom. The molecule has 24 heavy (non-hydrogen) atoms. The van der Waals surface area contributed by atoms with Gasteiger partial charge < -0.3 is 4.42 Å². The Morgan fingerprint density at radius 1 is 0.875 bits per heavy atom. The van der Waals surface area contributed by atoms with Crippen LogP contribution in [0.5, 0.6) is 0 Å². The van der Waals surface area contributed by atoms with Crippen molar-refractivity contribution >= 4 is 0 Å². The van der Waals surface area contributed by atoms with Crippen molar-refractivity contribution in [2.75, 3.05) is 13.1 Å². The van der Waals surface area contributed by atoms with E-state index in [1.807, 2.05) is 30.3 Å². The maximum absolute atomic E-state index is 5.92. The van der Waals surface area contributed by atoms with Crippen LogP contribution in [0.25, 0.3) is 11.5 Å². The number of likely N-dealkylation sites (tertiary alicyclic amines) is 1. The molecule has 0 aliphatic carbocycles. The molecule has 1 saturated heterocycles. The molecule has 0 bridgehead atoms. The van der Waals surface area contributed by atoms with E-state index < -0.39 is 0 Å². The Hall–Kier alpha value is -2.46. The third-order valence-corrected chi connectivity index (χ3v) is 4.65. The first-order valence-electron chi connectivity index (χ1n) is 8.53. The quantitative estimate of drug-likeness (QED) is 0.725. The van der Waals surface area contributed by atoms with Crippen molar-refractivity contribution in [2.24, 2.45) is 0 Å². The molecule has 0 N–H and O–H groups in total. The molecule has 1 aliphatic heterocycles. The van der Waals surface area contributed by atoms with Gasteiger partial charge in [0.05, 0.1) is 0 Å². The summed E-state index contributed by atoms with van der Waals surface area (Å²) in [5.41, 5.74) is 2.36. The number of rotatable bonds is 4. The van der Waals surface area contributed by atoms with Crippen molar-refractivity contribution in [3.05, 3.63) is 72.1 Å². The highest BCUT2D eigenvalue weighted by atomic mass is 16.4. The summed E-state index contributed by atoms with van der Waals surface area (Å²) in [4.78, 5) is 2.50. The lowest BCUT2D eigenvalue weighted by molar-refractivity contribution is 0.193. The molecule has 2 heterocycles. The van der Waals surface area contributed by atoms with Crippen molar-refractivity contribution in [3.8, 4) is 11.5 Å². The number of aromatic nitrogens is 2. The second-order valence-electron chi connectivity index (χ2n) is 6.35. The fraction of sp³-hybridized carbons (Fsp3) is 0.300. The molecule has 0 amide bonds. The average Bonchev–Trinajstić information content (AvgIpc) is 3.14. The van der Waals surface area contributed by atoms with E-state index in [0.717, 1.165) is 43.9 Å². The van der Waals surface area contributed by atoms with E-state index in [4.69, 9.17) is 4.42 Å². The van der Waals surface area contributed by atoms with E-state index >= 15 is 0 Å². The lowest BCUT2D eigenvalue weighted by Gasteiger charge is -2.30. The fourth-order valence-corrected chi connectivity index (χ4v) is 3.28. The van der Waals surface area contributed by atoms with Gasteiger partial charge in [-0.2, -0.15) is 0 Å². The molecule has 3 aromatic rings. The number of hydrogen-bond donors (Lipinski definition) is 0. The van der Waals surface area contributed by atoms with E-state index in [1.54, 1.807) is 0 Å². The number of nitrogens with zero attached hydrogens (tertiary/aromatic N) is 3. The molecule has 0 radical (unpaired) electrons. The zero-order valence-corrected chi connectivity index (χ0v) is 13.6. The van der Waals surface area contributed by atoms with Gasteiger partial charge in [0, 0.05) is 18.0 Å². The zero-order valence-electron chi connectivity index (χ0n) is 13.6. The minimum absolute atomic E-state index is 0.377. The first kappa shape index (κ1) is 15.1. The summed E-state index contributed by atoms with van der Waals surface area (Å²) in [6.45, 7) is 3.16. The van der Waals surface area contributed by atoms with Crippen LogP contribution in [0.2, 0.25) is 0 Å². The predicted molar refractivity (Wildman–Crippen MR) is 93.4 cm³/mol. The normalized spacial score (nSPS) is 16.3. The van der Waals surface area contributed by atoms with Gasteiger partial charge in [0.25, 0.3) is 0 Å². The summed E-state index contributed by atoms with van der Waals surface area (Å²) >= 11 is 0. The maximum atomic E-state index is 5.92. The average molecular weight is 319 g/mol. The van der Waals surface area contributed by atoms with Crippen LogP contribution in [0.3, 0.4) is 0 Å². The highest BCUT2D eigenvalue weighted by Gasteiger charge is 2.25. The van der Waals surface area contributed by atoms with Crippen molar-refractivity contribution in [3.63, 3.8) is 0 Å². The lowest BCUT2D eigenvalue weighted by atomic mass is 9.96. The monoisotopic (exact) mass is 319 g/mol. The molecular weight excluding hydrogens is 298 g/mol. The molecule has 1 fully saturated rings. The molecule has 0 spiro atoms. The molecule has 4 heteroatoms. The van der Waals surface area contributed by atoms with Crippen molar-refractivity contribution in [2.45, 2.75) is 25.3 Å². The third-order valence-electron chi connectivity index (χ3n) is 4.65. The van der Waals surface area contributed by atoms with Crippen molar-refractivity contribution < 1.29 is 4.42 Å². The summed E-state index contributed by atoms with van der Waals surface area (Å²) in [5, 5.41) is 8.51. The SMILES string of the molecule is c1ccc(CN2CCC(c3nnc(-c4ccccc4)o3)CC2)cc1. The molecule has 0 atom stereocenters. The highest BCUT2D eigenvalue weighted by Crippen LogP contribution is 2.29. The Morgan fingerprint density at radius 3 is 2.25 bits per heavy atom. The first-order valence-corrected chi connectivity index (χ1v) is 8.53. The van der Waals surface area contributed by atoms with Crippen molar-refractivity contribution in [1.82, 2.24) is 15.1 Å². The highest BCUT2D eigenvalue weighted by molar-refractivity contribution is 5.51. The van der Waals surface area contributed by atoms with Gasteiger partial charge in [0.15, 0.2) is 0 Å². The van der Waals surface area contributed by atoms with Crippen LogP contribution < -0.4 is 0 Å². The molecule has 4 nitrogen and oxygen atoms in total. The maximum Gasteiger partial charge on any atom is 0.247 e. The summed E-state index contributed by atoms with van der Waals surface area (Å²) in [5.74, 6) is 1.78. The first-order chi connectivity index (χ1) is 11.9. The number of benzene rings is 2. The van der Waals surface area contributed by atoms with Crippen LogP contribution in [-0.4, -0.2) is 28.2 Å². The third kappa shape index (κ3) is 3.39. The smallest absolute Gasteiger partial charge is 0.247 e. The van der Waals surface area contributed by atoms with E-state index in [0.29, 0.717) is 11.8 Å². The van der Waals surface area contributed by atoms with Gasteiger partial charge >= 0.3 is 0 Å². The van der Waals surface area contributed by atoms with E-state index in [2.05, 4.69) is 45.4 Å². The Labute approximate surface area is 142 Å². The van der Waals surface area contributed by atoms with Crippen LogP contribution in [-0.2, 0) is 6.54 Å². The number of hydrogen-bond acceptors (Lipinski definition) is 4. The molecule has 1 aliphatic rings. The Kier molecular flexibility index (Phi) is 4.38. The summed E-state index contributed by atoms with van der Waals surface area (Å²) in [7, 11) is 0. The zero-order chi connectivity index (χ0) is 16.2. The van der Waals surface area contributed by atoms with Crippen LogP contribution in [0.1, 0.15) is 30.2 Å². The van der Waals surface area contributed by atoms with Gasteiger partial charge in [-0.05, 0) is 43.6 Å². The number of piperidine rings is 1. The Balaban J connectivity index is 1.37. The molecular formula is C20H21N3O. The fourth-order valence-electron chi connectivity index (χ4n) is 3.28. The van der Waals surface area contributed by atoms with Gasteiger partial charge in [-0.3, -0.25) is 4.90 Å². The van der Waals surface area contributed by atoms with Crippen molar-refractivity contribution in [1.29, 1.82) is 0 Å². The van der Waals surface area contributed by atoms with Gasteiger partial charge in [0.1, 0.15) is 0 Å². The standard InChI is InChI=1S/C20H21N3O/c1-3-7-16(8-4-1)15-23-13-11-18(12-14-23)20-22-21-19(24-20)17-9-5-2-6-10-17/h1-10,18H,11-15H2. The topological polar surface area (TPSA) is 42.2 Å². The van der Waals surface area contributed by atoms with Gasteiger partial charge in [0.2, 0.25) is 11.8 Å². The summed E-state index contributed by atoms with van der Waals surface area (Å²) in [6.07, 6.45) is 2.15. The second kappa shape index (κ2) is 6.97. The summed E-state index contributed by atoms with van der Waals surface area (Å²) in [6, 6.07) is 20.6. The molecule has 0 saturated carbocycles. The van der Waals surface area contributed by atoms with Crippen LogP contribution >= 0.6 is 0 Å². The van der Waals surface area contributed by atoms with Crippen LogP contribution in [0, 0.1) is 0 Å². The second-order valence-corrected chi connectivity index (χ2v) is 6.35. The van der Waals surface area contributed by atoms with E-state index in [9.17, 15) is 0 Å². The minimum Gasteiger partial charge on any atom is -0.420 e. The van der Waals surface area contributed by atoms with E-state index in [1.165, 1.54) is 5.56 Å². The molecule has 2 aromatic carbocycles. The van der Waals surface area contributed by atoms with Gasteiger partial charge in [-0.1, -0.05) is 48.5 Å². The van der Waals surface area contributed by atoms with E-state index in [-0.39, 0.29) is 0 Å². The summed E-state index contributed by atoms with van der Waals surface area (Å²) < 4.78 is 5.92.